The number of piperidine rings is 1. The molecule has 1 aromatic rings. The number of fused-ring (bicyclic) bond motifs is 1. The first-order valence-electron chi connectivity index (χ1n) is 6.68. The molecular weight excluding hydrogens is 344 g/mol. The summed E-state index contributed by atoms with van der Waals surface area (Å²) in [6.07, 6.45) is 0. The van der Waals surface area contributed by atoms with Crippen molar-refractivity contribution in [2.45, 2.75) is 17.9 Å². The number of hydrogen-bond donors (Lipinski definition) is 2. The molecule has 20 heavy (non-hydrogen) atoms. The molecule has 1 saturated carbocycles. The van der Waals surface area contributed by atoms with Crippen LogP contribution in [0, 0.1) is 11.8 Å². The van der Waals surface area contributed by atoms with Crippen molar-refractivity contribution in [3.63, 3.8) is 0 Å². The smallest absolute Gasteiger partial charge is 0.244 e. The van der Waals surface area contributed by atoms with Crippen LogP contribution >= 0.6 is 15.9 Å². The molecule has 5 nitrogen and oxygen atoms in total. The van der Waals surface area contributed by atoms with Crippen LogP contribution < -0.4 is 14.8 Å². The van der Waals surface area contributed by atoms with Crippen molar-refractivity contribution in [2.75, 3.05) is 19.7 Å². The first-order valence-corrected chi connectivity index (χ1v) is 8.96. The predicted octanol–water partition coefficient (Wildman–Crippen LogP) is 1.34. The lowest BCUT2D eigenvalue weighted by Crippen LogP contribution is -2.32. The SMILES string of the molecule is CCOc1ccc(Br)cc1S(=O)(=O)NC1C2CNCC21. The van der Waals surface area contributed by atoms with Crippen LogP contribution in [0.3, 0.4) is 0 Å². The van der Waals surface area contributed by atoms with Crippen LogP contribution in [0.5, 0.6) is 5.75 Å². The molecule has 0 amide bonds. The minimum atomic E-state index is -3.55. The summed E-state index contributed by atoms with van der Waals surface area (Å²) in [5, 5.41) is 3.25. The topological polar surface area (TPSA) is 67.4 Å². The van der Waals surface area contributed by atoms with E-state index in [1.807, 2.05) is 6.92 Å². The summed E-state index contributed by atoms with van der Waals surface area (Å²) in [6, 6.07) is 5.11. The normalized spacial score (nSPS) is 28.2. The van der Waals surface area contributed by atoms with E-state index >= 15 is 0 Å². The number of nitrogens with one attached hydrogen (secondary N) is 2. The van der Waals surface area contributed by atoms with Crippen LogP contribution in [-0.2, 0) is 10.0 Å². The molecule has 2 atom stereocenters. The lowest BCUT2D eigenvalue weighted by molar-refractivity contribution is 0.331. The molecule has 1 saturated heterocycles. The fraction of sp³-hybridized carbons (Fsp3) is 0.538. The second-order valence-corrected chi connectivity index (χ2v) is 7.76. The maximum absolute atomic E-state index is 12.5. The average molecular weight is 361 g/mol. The van der Waals surface area contributed by atoms with Gasteiger partial charge in [0.25, 0.3) is 0 Å². The first kappa shape index (κ1) is 14.3. The summed E-state index contributed by atoms with van der Waals surface area (Å²) in [5.41, 5.74) is 0. The lowest BCUT2D eigenvalue weighted by atomic mass is 10.3. The zero-order valence-electron chi connectivity index (χ0n) is 11.1. The van der Waals surface area contributed by atoms with Crippen LogP contribution in [0.15, 0.2) is 27.6 Å². The molecular formula is C13H17BrN2O3S. The third kappa shape index (κ3) is 2.59. The minimum Gasteiger partial charge on any atom is -0.492 e. The summed E-state index contributed by atoms with van der Waals surface area (Å²) in [7, 11) is -3.55. The predicted molar refractivity (Wildman–Crippen MR) is 79.3 cm³/mol. The molecule has 2 aliphatic rings. The van der Waals surface area contributed by atoms with Gasteiger partial charge in [0.2, 0.25) is 10.0 Å². The van der Waals surface area contributed by atoms with E-state index in [9.17, 15) is 8.42 Å². The standard InChI is InChI=1S/C13H17BrN2O3S/c1-2-19-11-4-3-8(14)5-12(11)20(17,18)16-13-9-6-15-7-10(9)13/h3-5,9-10,13,15-16H,2,6-7H2,1H3. The Labute approximate surface area is 127 Å². The van der Waals surface area contributed by atoms with Crippen LogP contribution in [0.2, 0.25) is 0 Å². The van der Waals surface area contributed by atoms with E-state index in [1.165, 1.54) is 0 Å². The largest absolute Gasteiger partial charge is 0.492 e. The van der Waals surface area contributed by atoms with Gasteiger partial charge in [0.05, 0.1) is 6.61 Å². The van der Waals surface area contributed by atoms with Gasteiger partial charge in [-0.1, -0.05) is 15.9 Å². The van der Waals surface area contributed by atoms with Crippen molar-refractivity contribution in [3.8, 4) is 5.75 Å². The molecule has 0 aromatic heterocycles. The first-order chi connectivity index (χ1) is 9.53. The van der Waals surface area contributed by atoms with Crippen molar-refractivity contribution in [1.29, 1.82) is 0 Å². The zero-order chi connectivity index (χ0) is 14.3. The molecule has 2 unspecified atom stereocenters. The molecule has 3 rings (SSSR count). The van der Waals surface area contributed by atoms with Crippen molar-refractivity contribution in [1.82, 2.24) is 10.0 Å². The van der Waals surface area contributed by atoms with Gasteiger partial charge in [-0.2, -0.15) is 0 Å². The van der Waals surface area contributed by atoms with E-state index < -0.39 is 10.0 Å². The summed E-state index contributed by atoms with van der Waals surface area (Å²) < 4.78 is 34.0. The Bertz CT molecular complexity index is 610. The summed E-state index contributed by atoms with van der Waals surface area (Å²) in [6.45, 7) is 4.06. The van der Waals surface area contributed by atoms with Crippen LogP contribution in [0.4, 0.5) is 0 Å². The van der Waals surface area contributed by atoms with E-state index in [1.54, 1.807) is 18.2 Å². The number of benzene rings is 1. The maximum Gasteiger partial charge on any atom is 0.244 e. The molecule has 2 fully saturated rings. The van der Waals surface area contributed by atoms with E-state index in [0.717, 1.165) is 17.6 Å². The number of sulfonamides is 1. The van der Waals surface area contributed by atoms with Gasteiger partial charge in [0.1, 0.15) is 10.6 Å². The second-order valence-electron chi connectivity index (χ2n) is 5.16. The maximum atomic E-state index is 12.5. The summed E-state index contributed by atoms with van der Waals surface area (Å²) in [5.74, 6) is 1.27. The van der Waals surface area contributed by atoms with E-state index in [0.29, 0.717) is 24.2 Å². The summed E-state index contributed by atoms with van der Waals surface area (Å²) in [4.78, 5) is 0.201. The van der Waals surface area contributed by atoms with Crippen molar-refractivity contribution in [3.05, 3.63) is 22.7 Å². The van der Waals surface area contributed by atoms with Crippen molar-refractivity contribution >= 4 is 26.0 Å². The molecule has 1 aromatic carbocycles. The molecule has 0 radical (unpaired) electrons. The Morgan fingerprint density at radius 3 is 2.75 bits per heavy atom. The molecule has 110 valence electrons. The highest BCUT2D eigenvalue weighted by Gasteiger charge is 2.54. The van der Waals surface area contributed by atoms with Crippen LogP contribution in [0.1, 0.15) is 6.92 Å². The number of halogens is 1. The van der Waals surface area contributed by atoms with Crippen molar-refractivity contribution in [2.24, 2.45) is 11.8 Å². The van der Waals surface area contributed by atoms with Crippen LogP contribution in [0.25, 0.3) is 0 Å². The molecule has 1 heterocycles. The van der Waals surface area contributed by atoms with Gasteiger partial charge in [-0.15, -0.1) is 0 Å². The fourth-order valence-electron chi connectivity index (χ4n) is 2.80. The third-order valence-corrected chi connectivity index (χ3v) is 5.85. The number of ether oxygens (including phenoxy) is 1. The van der Waals surface area contributed by atoms with E-state index in [4.69, 9.17) is 4.74 Å². The molecule has 7 heteroatoms. The molecule has 0 bridgehead atoms. The minimum absolute atomic E-state index is 0.0645. The van der Waals surface area contributed by atoms with Gasteiger partial charge < -0.3 is 10.1 Å². The highest BCUT2D eigenvalue weighted by Crippen LogP contribution is 2.43. The number of hydrogen-bond acceptors (Lipinski definition) is 4. The average Bonchev–Trinajstić information content (AvgIpc) is 2.85. The van der Waals surface area contributed by atoms with E-state index in [2.05, 4.69) is 26.0 Å². The Balaban J connectivity index is 1.85. The highest BCUT2D eigenvalue weighted by molar-refractivity contribution is 9.10. The summed E-state index contributed by atoms with van der Waals surface area (Å²) >= 11 is 3.31. The lowest BCUT2D eigenvalue weighted by Gasteiger charge is -2.13. The van der Waals surface area contributed by atoms with Gasteiger partial charge in [-0.25, -0.2) is 13.1 Å². The van der Waals surface area contributed by atoms with Gasteiger partial charge >= 0.3 is 0 Å². The van der Waals surface area contributed by atoms with Crippen molar-refractivity contribution < 1.29 is 13.2 Å². The Kier molecular flexibility index (Phi) is 3.79. The van der Waals surface area contributed by atoms with Gasteiger partial charge in [-0.3, -0.25) is 0 Å². The number of rotatable bonds is 5. The fourth-order valence-corrected chi connectivity index (χ4v) is 4.82. The highest BCUT2D eigenvalue weighted by atomic mass is 79.9. The van der Waals surface area contributed by atoms with Gasteiger partial charge in [-0.05, 0) is 50.0 Å². The van der Waals surface area contributed by atoms with E-state index in [-0.39, 0.29) is 10.9 Å². The quantitative estimate of drug-likeness (QED) is 0.831. The molecule has 1 aliphatic heterocycles. The molecule has 0 spiro atoms. The Morgan fingerprint density at radius 2 is 2.10 bits per heavy atom. The Morgan fingerprint density at radius 1 is 1.40 bits per heavy atom. The molecule has 1 aliphatic carbocycles. The zero-order valence-corrected chi connectivity index (χ0v) is 13.5. The van der Waals surface area contributed by atoms with Gasteiger partial charge in [0, 0.05) is 10.5 Å². The second kappa shape index (κ2) is 5.29. The monoisotopic (exact) mass is 360 g/mol. The van der Waals surface area contributed by atoms with Gasteiger partial charge in [0.15, 0.2) is 0 Å². The van der Waals surface area contributed by atoms with Crippen LogP contribution in [-0.4, -0.2) is 34.2 Å². The Hall–Kier alpha value is -0.630. The molecule has 2 N–H and O–H groups in total. The third-order valence-electron chi connectivity index (χ3n) is 3.88.